The van der Waals surface area contributed by atoms with E-state index in [1.165, 1.54) is 0 Å². The van der Waals surface area contributed by atoms with Crippen molar-refractivity contribution in [2.75, 3.05) is 7.05 Å². The molecule has 0 radical (unpaired) electrons. The Hall–Kier alpha value is -1.18. The lowest BCUT2D eigenvalue weighted by molar-refractivity contribution is 1.32. The molecule has 0 spiro atoms. The lowest BCUT2D eigenvalue weighted by atomic mass is 10.3. The molecule has 1 heterocycles. The second kappa shape index (κ2) is 2.97. The fourth-order valence-electron chi connectivity index (χ4n) is 0.599. The molecule has 0 aromatic carbocycles. The predicted octanol–water partition coefficient (Wildman–Crippen LogP) is 1.13. The first-order valence-electron chi connectivity index (χ1n) is 2.75. The zero-order chi connectivity index (χ0) is 6.53. The largest absolute Gasteiger partial charge is 0.296 e. The van der Waals surface area contributed by atoms with Crippen molar-refractivity contribution in [3.63, 3.8) is 0 Å². The van der Waals surface area contributed by atoms with Crippen LogP contribution in [0.5, 0.6) is 0 Å². The summed E-state index contributed by atoms with van der Waals surface area (Å²) in [6, 6.07) is 3.82. The average Bonchev–Trinajstić information content (AvgIpc) is 1.91. The van der Waals surface area contributed by atoms with Gasteiger partial charge in [-0.2, -0.15) is 0 Å². The normalized spacial score (nSPS) is 10.3. The number of nitrogens with zero attached hydrogens (tertiary/aromatic N) is 2. The van der Waals surface area contributed by atoms with E-state index in [1.54, 1.807) is 25.7 Å². The second-order valence-corrected chi connectivity index (χ2v) is 1.67. The van der Waals surface area contributed by atoms with Crippen molar-refractivity contribution < 1.29 is 0 Å². The van der Waals surface area contributed by atoms with Crippen molar-refractivity contribution in [2.45, 2.75) is 0 Å². The summed E-state index contributed by atoms with van der Waals surface area (Å²) >= 11 is 0. The SMILES string of the molecule is C/N=C/c1ccncc1. The Labute approximate surface area is 54.3 Å². The van der Waals surface area contributed by atoms with Crippen LogP contribution in [0.3, 0.4) is 0 Å². The van der Waals surface area contributed by atoms with Gasteiger partial charge in [-0.3, -0.25) is 9.98 Å². The summed E-state index contributed by atoms with van der Waals surface area (Å²) < 4.78 is 0. The summed E-state index contributed by atoms with van der Waals surface area (Å²) in [6.07, 6.45) is 5.29. The smallest absolute Gasteiger partial charge is 0.0282 e. The number of rotatable bonds is 1. The minimum atomic E-state index is 1.09. The van der Waals surface area contributed by atoms with Crippen molar-refractivity contribution in [3.8, 4) is 0 Å². The van der Waals surface area contributed by atoms with E-state index >= 15 is 0 Å². The molecule has 0 unspecified atom stereocenters. The second-order valence-electron chi connectivity index (χ2n) is 1.67. The standard InChI is InChI=1S/C7H8N2/c1-8-6-7-2-4-9-5-3-7/h2-6H,1H3/b8-6+. The van der Waals surface area contributed by atoms with Crippen LogP contribution in [-0.4, -0.2) is 18.2 Å². The van der Waals surface area contributed by atoms with Crippen LogP contribution >= 0.6 is 0 Å². The number of hydrogen-bond donors (Lipinski definition) is 0. The highest BCUT2D eigenvalue weighted by molar-refractivity contribution is 5.78. The summed E-state index contributed by atoms with van der Waals surface area (Å²) in [5.74, 6) is 0. The first-order valence-corrected chi connectivity index (χ1v) is 2.75. The van der Waals surface area contributed by atoms with Crippen molar-refractivity contribution in [1.82, 2.24) is 4.98 Å². The van der Waals surface area contributed by atoms with Gasteiger partial charge in [-0.1, -0.05) is 0 Å². The number of hydrogen-bond acceptors (Lipinski definition) is 2. The topological polar surface area (TPSA) is 25.2 Å². The predicted molar refractivity (Wildman–Crippen MR) is 37.8 cm³/mol. The maximum atomic E-state index is 3.87. The monoisotopic (exact) mass is 120 g/mol. The minimum absolute atomic E-state index is 1.09. The Morgan fingerprint density at radius 1 is 1.44 bits per heavy atom. The van der Waals surface area contributed by atoms with Gasteiger partial charge in [-0.15, -0.1) is 0 Å². The number of pyridine rings is 1. The van der Waals surface area contributed by atoms with E-state index in [4.69, 9.17) is 0 Å². The number of aliphatic imine (C=N–C) groups is 1. The molecule has 0 N–H and O–H groups in total. The van der Waals surface area contributed by atoms with Gasteiger partial charge in [0.15, 0.2) is 0 Å². The van der Waals surface area contributed by atoms with E-state index in [-0.39, 0.29) is 0 Å². The third-order valence-corrected chi connectivity index (χ3v) is 0.984. The summed E-state index contributed by atoms with van der Waals surface area (Å²) in [4.78, 5) is 7.72. The lowest BCUT2D eigenvalue weighted by Gasteiger charge is -1.85. The van der Waals surface area contributed by atoms with E-state index in [2.05, 4.69) is 9.98 Å². The summed E-state index contributed by atoms with van der Waals surface area (Å²) in [5.41, 5.74) is 1.09. The van der Waals surface area contributed by atoms with Crippen LogP contribution in [0.25, 0.3) is 0 Å². The molecule has 0 atom stereocenters. The highest BCUT2D eigenvalue weighted by atomic mass is 14.6. The first kappa shape index (κ1) is 5.95. The van der Waals surface area contributed by atoms with Gasteiger partial charge in [0.1, 0.15) is 0 Å². The highest BCUT2D eigenvalue weighted by Crippen LogP contribution is 1.89. The van der Waals surface area contributed by atoms with E-state index in [1.807, 2.05) is 12.1 Å². The van der Waals surface area contributed by atoms with Crippen LogP contribution in [-0.2, 0) is 0 Å². The summed E-state index contributed by atoms with van der Waals surface area (Å²) in [5, 5.41) is 0. The molecule has 9 heavy (non-hydrogen) atoms. The van der Waals surface area contributed by atoms with Crippen LogP contribution in [0.15, 0.2) is 29.5 Å². The molecule has 0 bridgehead atoms. The molecule has 0 fully saturated rings. The lowest BCUT2D eigenvalue weighted by Crippen LogP contribution is -1.78. The van der Waals surface area contributed by atoms with Gasteiger partial charge in [0.2, 0.25) is 0 Å². The van der Waals surface area contributed by atoms with Gasteiger partial charge in [0.05, 0.1) is 0 Å². The van der Waals surface area contributed by atoms with Gasteiger partial charge < -0.3 is 0 Å². The quantitative estimate of drug-likeness (QED) is 0.510. The molecule has 2 heteroatoms. The average molecular weight is 120 g/mol. The van der Waals surface area contributed by atoms with Gasteiger partial charge in [-0.05, 0) is 17.7 Å². The zero-order valence-corrected chi connectivity index (χ0v) is 5.28. The Bertz CT molecular complexity index is 191. The molecular weight excluding hydrogens is 112 g/mol. The van der Waals surface area contributed by atoms with Crippen LogP contribution in [0.2, 0.25) is 0 Å². The summed E-state index contributed by atoms with van der Waals surface area (Å²) in [6.45, 7) is 0. The zero-order valence-electron chi connectivity index (χ0n) is 5.28. The van der Waals surface area contributed by atoms with Crippen molar-refractivity contribution in [3.05, 3.63) is 30.1 Å². The molecule has 1 aromatic heterocycles. The highest BCUT2D eigenvalue weighted by Gasteiger charge is 1.79. The van der Waals surface area contributed by atoms with E-state index in [0.717, 1.165) is 5.56 Å². The van der Waals surface area contributed by atoms with Gasteiger partial charge in [0.25, 0.3) is 0 Å². The fourth-order valence-corrected chi connectivity index (χ4v) is 0.599. The molecule has 0 saturated heterocycles. The molecule has 2 nitrogen and oxygen atoms in total. The van der Waals surface area contributed by atoms with Crippen LogP contribution in [0, 0.1) is 0 Å². The molecule has 0 aliphatic rings. The van der Waals surface area contributed by atoms with Crippen molar-refractivity contribution in [2.24, 2.45) is 4.99 Å². The maximum absolute atomic E-state index is 3.87. The van der Waals surface area contributed by atoms with Crippen molar-refractivity contribution >= 4 is 6.21 Å². The van der Waals surface area contributed by atoms with Gasteiger partial charge >= 0.3 is 0 Å². The molecule has 0 amide bonds. The van der Waals surface area contributed by atoms with Crippen LogP contribution < -0.4 is 0 Å². The van der Waals surface area contributed by atoms with E-state index < -0.39 is 0 Å². The van der Waals surface area contributed by atoms with Crippen LogP contribution in [0.1, 0.15) is 5.56 Å². The third kappa shape index (κ3) is 1.64. The third-order valence-electron chi connectivity index (χ3n) is 0.984. The molecule has 0 aliphatic heterocycles. The molecule has 0 saturated carbocycles. The summed E-state index contributed by atoms with van der Waals surface area (Å²) in [7, 11) is 1.75. The fraction of sp³-hybridized carbons (Fsp3) is 0.143. The van der Waals surface area contributed by atoms with Crippen molar-refractivity contribution in [1.29, 1.82) is 0 Å². The molecular formula is C7H8N2. The Balaban J connectivity index is 2.85. The molecule has 1 rings (SSSR count). The first-order chi connectivity index (χ1) is 4.43. The maximum Gasteiger partial charge on any atom is 0.0282 e. The Kier molecular flexibility index (Phi) is 1.96. The molecule has 0 aliphatic carbocycles. The molecule has 46 valence electrons. The van der Waals surface area contributed by atoms with Gasteiger partial charge in [-0.25, -0.2) is 0 Å². The molecule has 1 aromatic rings. The van der Waals surface area contributed by atoms with Gasteiger partial charge in [0, 0.05) is 25.7 Å². The minimum Gasteiger partial charge on any atom is -0.296 e. The van der Waals surface area contributed by atoms with Crippen LogP contribution in [0.4, 0.5) is 0 Å². The number of aromatic nitrogens is 1. The Morgan fingerprint density at radius 3 is 2.67 bits per heavy atom. The van der Waals surface area contributed by atoms with E-state index in [9.17, 15) is 0 Å². The van der Waals surface area contributed by atoms with E-state index in [0.29, 0.717) is 0 Å². The Morgan fingerprint density at radius 2 is 2.11 bits per heavy atom.